The van der Waals surface area contributed by atoms with Crippen LogP contribution in [0.1, 0.15) is 28.4 Å². The minimum absolute atomic E-state index is 0.192. The molecule has 0 fully saturated rings. The predicted molar refractivity (Wildman–Crippen MR) is 79.1 cm³/mol. The highest BCUT2D eigenvalue weighted by atomic mass is 19.3. The lowest BCUT2D eigenvalue weighted by Gasteiger charge is -2.32. The summed E-state index contributed by atoms with van der Waals surface area (Å²) in [5.41, 5.74) is -7.98. The van der Waals surface area contributed by atoms with Gasteiger partial charge in [0.1, 0.15) is 17.3 Å². The topological polar surface area (TPSA) is 53.2 Å². The van der Waals surface area contributed by atoms with Crippen molar-refractivity contribution in [2.24, 2.45) is 0 Å². The minimum Gasteiger partial charge on any atom is -0.457 e. The van der Waals surface area contributed by atoms with Crippen LogP contribution in [0.5, 0.6) is 11.5 Å². The van der Waals surface area contributed by atoms with Gasteiger partial charge >= 0.3 is 11.8 Å². The molecular formula is C18H8F7NO2. The zero-order chi connectivity index (χ0) is 20.6. The van der Waals surface area contributed by atoms with Gasteiger partial charge in [-0.05, 0) is 24.3 Å². The van der Waals surface area contributed by atoms with Crippen LogP contribution in [-0.2, 0) is 11.5 Å². The zero-order valence-electron chi connectivity index (χ0n) is 13.5. The van der Waals surface area contributed by atoms with Gasteiger partial charge in [0.05, 0.1) is 11.6 Å². The average Bonchev–Trinajstić information content (AvgIpc) is 2.90. The fourth-order valence-corrected chi connectivity index (χ4v) is 3.68. The predicted octanol–water partition coefficient (Wildman–Crippen LogP) is 4.78. The van der Waals surface area contributed by atoms with Crippen molar-refractivity contribution in [2.45, 2.75) is 29.8 Å². The molecule has 0 spiro atoms. The number of nitrogens with zero attached hydrogens (tertiary/aromatic N) is 1. The van der Waals surface area contributed by atoms with E-state index in [0.717, 1.165) is 18.2 Å². The molecule has 3 nitrogen and oxygen atoms in total. The van der Waals surface area contributed by atoms with Gasteiger partial charge < -0.3 is 9.84 Å². The first-order valence-electron chi connectivity index (χ1n) is 7.79. The van der Waals surface area contributed by atoms with Gasteiger partial charge in [-0.15, -0.1) is 0 Å². The zero-order valence-corrected chi connectivity index (χ0v) is 13.5. The van der Waals surface area contributed by atoms with E-state index in [0.29, 0.717) is 12.1 Å². The number of benzene rings is 2. The van der Waals surface area contributed by atoms with Gasteiger partial charge in [-0.1, -0.05) is 0 Å². The quantitative estimate of drug-likeness (QED) is 0.735. The van der Waals surface area contributed by atoms with Crippen molar-refractivity contribution in [1.29, 1.82) is 5.26 Å². The smallest absolute Gasteiger partial charge is 0.349 e. The first kappa shape index (κ1) is 18.6. The Morgan fingerprint density at radius 2 is 1.75 bits per heavy atom. The Balaban J connectivity index is 1.92. The number of rotatable bonds is 2. The Labute approximate surface area is 152 Å². The summed E-state index contributed by atoms with van der Waals surface area (Å²) in [5, 5.41) is 19.0. The summed E-state index contributed by atoms with van der Waals surface area (Å²) in [6, 6.07) is 5.43. The maximum atomic E-state index is 14.5. The fourth-order valence-electron chi connectivity index (χ4n) is 3.68. The molecule has 0 amide bonds. The van der Waals surface area contributed by atoms with Crippen molar-refractivity contribution >= 4 is 0 Å². The molecule has 2 aromatic carbocycles. The van der Waals surface area contributed by atoms with Crippen molar-refractivity contribution in [3.63, 3.8) is 0 Å². The molecule has 146 valence electrons. The van der Waals surface area contributed by atoms with Crippen molar-refractivity contribution in [3.05, 3.63) is 58.4 Å². The Kier molecular flexibility index (Phi) is 3.57. The summed E-state index contributed by atoms with van der Waals surface area (Å²) < 4.78 is 104. The molecule has 0 aromatic heterocycles. The first-order chi connectivity index (χ1) is 13.0. The van der Waals surface area contributed by atoms with E-state index in [4.69, 9.17) is 10.00 Å². The summed E-state index contributed by atoms with van der Waals surface area (Å²) in [4.78, 5) is 0. The molecule has 3 atom stereocenters. The highest BCUT2D eigenvalue weighted by molar-refractivity contribution is 5.62. The molecule has 2 aromatic rings. The number of alkyl halides is 6. The van der Waals surface area contributed by atoms with E-state index in [-0.39, 0.29) is 11.3 Å². The van der Waals surface area contributed by atoms with Gasteiger partial charge in [0.2, 0.25) is 0 Å². The summed E-state index contributed by atoms with van der Waals surface area (Å²) in [6.07, 6.45) is -6.27. The third kappa shape index (κ3) is 1.97. The van der Waals surface area contributed by atoms with Gasteiger partial charge in [0.15, 0.2) is 17.9 Å². The molecule has 0 radical (unpaired) electrons. The monoisotopic (exact) mass is 403 g/mol. The van der Waals surface area contributed by atoms with Crippen LogP contribution in [0, 0.1) is 17.1 Å². The van der Waals surface area contributed by atoms with Crippen molar-refractivity contribution < 1.29 is 40.6 Å². The number of ether oxygens (including phenoxy) is 1. The molecule has 0 aliphatic heterocycles. The average molecular weight is 403 g/mol. The fraction of sp³-hybridized carbons (Fsp3) is 0.278. The summed E-state index contributed by atoms with van der Waals surface area (Å²) in [5.74, 6) is -12.2. The number of nitriles is 1. The molecule has 0 saturated carbocycles. The van der Waals surface area contributed by atoms with Gasteiger partial charge in [-0.2, -0.15) is 22.8 Å². The van der Waals surface area contributed by atoms with E-state index in [1.165, 1.54) is 0 Å². The highest BCUT2D eigenvalue weighted by Gasteiger charge is 2.82. The third-order valence-electron chi connectivity index (χ3n) is 4.96. The lowest BCUT2D eigenvalue weighted by molar-refractivity contribution is -0.302. The normalized spacial score (nSPS) is 28.7. The Morgan fingerprint density at radius 3 is 2.39 bits per heavy atom. The Hall–Kier alpha value is -2.80. The van der Waals surface area contributed by atoms with E-state index in [2.05, 4.69) is 0 Å². The number of hydrogen-bond acceptors (Lipinski definition) is 3. The van der Waals surface area contributed by atoms with Crippen LogP contribution < -0.4 is 4.74 Å². The second-order valence-corrected chi connectivity index (χ2v) is 6.51. The standard InChI is InChI=1S/C18H8F7NO2/c19-8-3-7(6-26)4-9(5-8)28-11-2-1-10-13-12(11)14(20)15(21)16(13,27)18(24,25)17(10,22)23/h1-5,14-15,27H/t14?,15-,16-/m0/s1. The number of halogens is 7. The molecule has 10 heteroatoms. The minimum atomic E-state index is -5.30. The van der Waals surface area contributed by atoms with Crippen molar-refractivity contribution in [3.8, 4) is 17.6 Å². The van der Waals surface area contributed by atoms with Gasteiger partial charge in [-0.3, -0.25) is 0 Å². The maximum Gasteiger partial charge on any atom is 0.349 e. The Bertz CT molecular complexity index is 1050. The number of hydrogen-bond donors (Lipinski definition) is 1. The summed E-state index contributed by atoms with van der Waals surface area (Å²) in [6.45, 7) is 0. The van der Waals surface area contributed by atoms with E-state index >= 15 is 0 Å². The van der Waals surface area contributed by atoms with Crippen LogP contribution in [0.3, 0.4) is 0 Å². The van der Waals surface area contributed by atoms with Crippen molar-refractivity contribution in [1.82, 2.24) is 0 Å². The van der Waals surface area contributed by atoms with Gasteiger partial charge in [0, 0.05) is 22.8 Å². The van der Waals surface area contributed by atoms with Crippen LogP contribution >= 0.6 is 0 Å². The lowest BCUT2D eigenvalue weighted by atomic mass is 9.93. The second-order valence-electron chi connectivity index (χ2n) is 6.51. The summed E-state index contributed by atoms with van der Waals surface area (Å²) >= 11 is 0. The van der Waals surface area contributed by atoms with Crippen molar-refractivity contribution in [2.75, 3.05) is 0 Å². The third-order valence-corrected chi connectivity index (χ3v) is 4.96. The lowest BCUT2D eigenvalue weighted by Crippen LogP contribution is -2.53. The number of aliphatic hydroxyl groups is 1. The molecule has 1 N–H and O–H groups in total. The Morgan fingerprint density at radius 1 is 1.07 bits per heavy atom. The van der Waals surface area contributed by atoms with E-state index in [1.54, 1.807) is 6.07 Å². The molecule has 0 bridgehead atoms. The van der Waals surface area contributed by atoms with Crippen LogP contribution in [0.4, 0.5) is 30.7 Å². The van der Waals surface area contributed by atoms with Gasteiger partial charge in [0.25, 0.3) is 0 Å². The molecular weight excluding hydrogens is 395 g/mol. The largest absolute Gasteiger partial charge is 0.457 e. The molecule has 1 unspecified atom stereocenters. The second kappa shape index (κ2) is 5.38. The molecule has 2 aliphatic rings. The van der Waals surface area contributed by atoms with Crippen LogP contribution in [0.15, 0.2) is 30.3 Å². The van der Waals surface area contributed by atoms with Gasteiger partial charge in [-0.25, -0.2) is 13.2 Å². The maximum absolute atomic E-state index is 14.5. The SMILES string of the molecule is N#Cc1cc(F)cc(Oc2ccc3c4c2C(F)[C@H](F)[C@]4(O)C(F)(F)C3(F)F)c1. The molecule has 2 aliphatic carbocycles. The van der Waals surface area contributed by atoms with E-state index < -0.39 is 58.0 Å². The molecule has 28 heavy (non-hydrogen) atoms. The molecule has 4 rings (SSSR count). The van der Waals surface area contributed by atoms with Crippen LogP contribution in [0.25, 0.3) is 0 Å². The van der Waals surface area contributed by atoms with Crippen LogP contribution in [-0.4, -0.2) is 17.2 Å². The van der Waals surface area contributed by atoms with E-state index in [9.17, 15) is 35.8 Å². The van der Waals surface area contributed by atoms with Crippen LogP contribution in [0.2, 0.25) is 0 Å². The molecule has 0 heterocycles. The summed E-state index contributed by atoms with van der Waals surface area (Å²) in [7, 11) is 0. The molecule has 0 saturated heterocycles. The highest BCUT2D eigenvalue weighted by Crippen LogP contribution is 2.69. The van der Waals surface area contributed by atoms with E-state index in [1.807, 2.05) is 0 Å². The first-order valence-corrected chi connectivity index (χ1v) is 7.79.